The SMILES string of the molecule is COC(=O)N[C@H](C(=O)N1[C@@H]2CC[C@@H](C2)[C@H]1c1nc2c(ccc3cc(-c4ccc(C5=CN=C([C@@H]6CCCN6C(=O)OC(C)(C)C)C5)cc4)ccc32)[nH]1)C(C)C.COC(=O)N[C@H](C(=O)N1[C@@H]2CC[C@@H](C2)[C@H]1c1nc2c(ccc3cc(-c4ccc(C5=CN=C([C@@H]6CCCN6C(=O)[C@@H](NC(=O)OC)C6CCOCC6)C5)cc4)ccc32)[nH]1)C(C)C.COC(=O)N[C@H](C(=O)O)C1CCOCC1. The number of hydrogen-bond acceptors (Lipinski definition) is 20. The predicted octanol–water partition coefficient (Wildman–Crippen LogP) is 15.8. The van der Waals surface area contributed by atoms with Gasteiger partial charge in [0.2, 0.25) is 17.7 Å². The zero-order valence-electron chi connectivity index (χ0n) is 75.9. The van der Waals surface area contributed by atoms with Gasteiger partial charge in [-0.1, -0.05) is 113 Å². The minimum absolute atomic E-state index is 0.00867. The zero-order valence-corrected chi connectivity index (χ0v) is 75.9. The molecule has 10 heterocycles. The maximum atomic E-state index is 14.1. The van der Waals surface area contributed by atoms with Gasteiger partial charge in [0.15, 0.2) is 0 Å². The molecule has 130 heavy (non-hydrogen) atoms. The maximum absolute atomic E-state index is 14.1. The van der Waals surface area contributed by atoms with Crippen molar-refractivity contribution < 1.29 is 81.4 Å². The summed E-state index contributed by atoms with van der Waals surface area (Å²) in [6.45, 7) is 17.0. The molecule has 31 heteroatoms. The van der Waals surface area contributed by atoms with Crippen LogP contribution in [0.25, 0.3) is 77.0 Å². The van der Waals surface area contributed by atoms with E-state index in [0.717, 1.165) is 182 Å². The van der Waals surface area contributed by atoms with Crippen molar-refractivity contribution in [3.8, 4) is 22.3 Å². The van der Waals surface area contributed by atoms with Crippen molar-refractivity contribution in [1.82, 2.24) is 60.8 Å². The fourth-order valence-electron chi connectivity index (χ4n) is 21.2. The van der Waals surface area contributed by atoms with Crippen LogP contribution in [-0.4, -0.2) is 232 Å². The standard InChI is InChI=1S/C47H55N7O7.C43H50N6O5.C9H15NO5/c1-26(2)39(51-46(57)59-3)45(56)54-34-14-11-32(23-34)42(54)43-49-36-16-13-31-22-30(12-15-35(31)41(36)50-43)27-7-9-28(10-8-27)33-24-37(48-25-33)38-6-5-19-53(38)44(55)40(52-47(58)60-4)29-17-20-61-21-18-29;1-24(2)36(47-41(51)53-6)40(50)49-31-16-13-29(21-31)38(49)39-45-33-18-15-28-20-27(14-17-32(28)37(33)46-39)25-9-11-26(12-10-25)30-22-34(44-23-30)35-8-7-19-48(35)42(52)54-43(3,4)5;1-14-9(13)10-7(8(11)12)6-2-4-15-5-3-6/h7-10,12-13,15-16,22,25-26,29,32,34,38-40,42H,5-6,11,14,17-21,23-24H2,1-4H3,(H,49,50)(H,51,57)(H,52,58);9-12,14-15,17-18,20,23-24,29,31,35-36,38H,7-8,13,16,19,21-22H2,1-6H3,(H,45,46)(H,47,51);6-7H,2-5H2,1H3,(H,10,13)(H,11,12)/t32-,34+,38-,39-,40-,42-;29-,31+,35-,36-,38-;7-/m000/s1. The number of hydrogen-bond donors (Lipinski definition) is 7. The fourth-order valence-corrected chi connectivity index (χ4v) is 21.2. The first-order valence-corrected chi connectivity index (χ1v) is 45.9. The Morgan fingerprint density at radius 3 is 1.27 bits per heavy atom. The second-order valence-corrected chi connectivity index (χ2v) is 37.6. The molecule has 12 atom stereocenters. The monoisotopic (exact) mass is 1780 g/mol. The van der Waals surface area contributed by atoms with Gasteiger partial charge in [-0.2, -0.15) is 0 Å². The number of nitrogens with one attached hydrogen (secondary N) is 6. The molecule has 8 fully saturated rings. The molecule has 2 aromatic heterocycles. The molecular formula is C99H120N14O17. The summed E-state index contributed by atoms with van der Waals surface area (Å²) in [7, 11) is 5.15. The van der Waals surface area contributed by atoms with Crippen molar-refractivity contribution in [1.29, 1.82) is 0 Å². The van der Waals surface area contributed by atoms with Crippen LogP contribution < -0.4 is 21.3 Å². The van der Waals surface area contributed by atoms with Crippen molar-refractivity contribution in [2.24, 2.45) is 45.5 Å². The van der Waals surface area contributed by atoms with Crippen LogP contribution in [0.2, 0.25) is 0 Å². The molecule has 31 nitrogen and oxygen atoms in total. The van der Waals surface area contributed by atoms with Crippen LogP contribution >= 0.6 is 0 Å². The number of ether oxygens (including phenoxy) is 7. The molecule has 0 unspecified atom stereocenters. The Hall–Kier alpha value is -12.2. The molecule has 0 spiro atoms. The number of H-pyrrole nitrogens is 2. The van der Waals surface area contributed by atoms with Gasteiger partial charge >= 0.3 is 36.4 Å². The number of amides is 8. The lowest BCUT2D eigenvalue weighted by molar-refractivity contribution is -0.142. The summed E-state index contributed by atoms with van der Waals surface area (Å²) in [5.74, 6) is 0.641. The average molecular weight is 1780 g/mol. The lowest BCUT2D eigenvalue weighted by atomic mass is 9.90. The lowest BCUT2D eigenvalue weighted by Crippen LogP contribution is -2.55. The van der Waals surface area contributed by atoms with Crippen LogP contribution in [-0.2, 0) is 52.3 Å². The molecule has 6 saturated heterocycles. The molecule has 6 aromatic carbocycles. The number of methoxy groups -OCH3 is 4. The van der Waals surface area contributed by atoms with Crippen LogP contribution in [0.5, 0.6) is 0 Å². The summed E-state index contributed by atoms with van der Waals surface area (Å²) >= 11 is 0. The predicted molar refractivity (Wildman–Crippen MR) is 492 cm³/mol. The van der Waals surface area contributed by atoms with E-state index in [1.54, 1.807) is 0 Å². The molecule has 8 aliphatic heterocycles. The van der Waals surface area contributed by atoms with Crippen molar-refractivity contribution in [2.45, 2.75) is 217 Å². The molecule has 688 valence electrons. The highest BCUT2D eigenvalue weighted by atomic mass is 16.6. The number of alkyl carbamates (subject to hydrolysis) is 4. The second kappa shape index (κ2) is 39.2. The van der Waals surface area contributed by atoms with Gasteiger partial charge in [0.05, 0.1) is 74.7 Å². The normalized spacial score (nSPS) is 22.8. The Morgan fingerprint density at radius 1 is 0.462 bits per heavy atom. The van der Waals surface area contributed by atoms with Crippen LogP contribution in [0.3, 0.4) is 0 Å². The second-order valence-electron chi connectivity index (χ2n) is 37.6. The third kappa shape index (κ3) is 19.3. The molecule has 8 aromatic rings. The molecular weight excluding hydrogens is 1660 g/mol. The third-order valence-electron chi connectivity index (χ3n) is 27.8. The summed E-state index contributed by atoms with van der Waals surface area (Å²) in [6, 6.07) is 35.4. The quantitative estimate of drug-likeness (QED) is 0.0348. The molecule has 0 radical (unpaired) electrons. The van der Waals surface area contributed by atoms with Crippen molar-refractivity contribution in [3.05, 3.63) is 144 Å². The number of nitrogens with zero attached hydrogens (tertiary/aromatic N) is 8. The summed E-state index contributed by atoms with van der Waals surface area (Å²) < 4.78 is 35.3. The van der Waals surface area contributed by atoms with Gasteiger partial charge in [0.1, 0.15) is 41.4 Å². The highest BCUT2D eigenvalue weighted by molar-refractivity contribution is 6.08. The molecule has 10 aliphatic rings. The summed E-state index contributed by atoms with van der Waals surface area (Å²) in [5, 5.41) is 23.9. The summed E-state index contributed by atoms with van der Waals surface area (Å²) in [4.78, 5) is 148. The van der Waals surface area contributed by atoms with Gasteiger partial charge < -0.3 is 84.2 Å². The lowest BCUT2D eigenvalue weighted by Gasteiger charge is -2.37. The Morgan fingerprint density at radius 2 is 0.854 bits per heavy atom. The number of allylic oxidation sites excluding steroid dienone is 2. The Labute approximate surface area is 756 Å². The van der Waals surface area contributed by atoms with E-state index in [1.165, 1.54) is 28.4 Å². The van der Waals surface area contributed by atoms with E-state index in [4.69, 9.17) is 53.5 Å². The first-order valence-electron chi connectivity index (χ1n) is 45.9. The largest absolute Gasteiger partial charge is 0.480 e. The van der Waals surface area contributed by atoms with Crippen LogP contribution in [0.15, 0.2) is 132 Å². The molecule has 2 saturated carbocycles. The Bertz CT molecular complexity index is 5720. The van der Waals surface area contributed by atoms with E-state index in [0.29, 0.717) is 83.5 Å². The fraction of sp³-hybridized carbons (Fsp3) is 0.505. The molecule has 8 amide bonds. The molecule has 4 bridgehead atoms. The van der Waals surface area contributed by atoms with Gasteiger partial charge in [-0.05, 0) is 226 Å². The van der Waals surface area contributed by atoms with Gasteiger partial charge in [-0.25, -0.2) is 38.7 Å². The van der Waals surface area contributed by atoms with Gasteiger partial charge in [-0.15, -0.1) is 0 Å². The first kappa shape index (κ1) is 91.1. The average Bonchev–Trinajstić information content (AvgIpc) is 1.58. The van der Waals surface area contributed by atoms with Crippen LogP contribution in [0, 0.1) is 35.5 Å². The van der Waals surface area contributed by atoms with E-state index < -0.39 is 60.1 Å². The number of aromatic nitrogens is 4. The number of piperidine rings is 2. The van der Waals surface area contributed by atoms with Crippen LogP contribution in [0.4, 0.5) is 24.0 Å². The topological polar surface area (TPSA) is 382 Å². The summed E-state index contributed by atoms with van der Waals surface area (Å²) in [6.07, 6.45) is 14.6. The number of likely N-dealkylation sites (tertiary alicyclic amines) is 4. The minimum atomic E-state index is -1.03. The number of fused-ring (bicyclic) bond motifs is 10. The van der Waals surface area contributed by atoms with Crippen molar-refractivity contribution in [2.75, 3.05) is 68.0 Å². The van der Waals surface area contributed by atoms with Gasteiger partial charge in [0.25, 0.3) is 0 Å². The number of rotatable bonds is 20. The smallest absolute Gasteiger partial charge is 0.410 e. The van der Waals surface area contributed by atoms with E-state index >= 15 is 0 Å². The highest BCUT2D eigenvalue weighted by Gasteiger charge is 2.54. The number of benzene rings is 6. The van der Waals surface area contributed by atoms with E-state index in [9.17, 15) is 43.2 Å². The molecule has 18 rings (SSSR count). The molecule has 7 N–H and O–H groups in total. The first-order chi connectivity index (χ1) is 62.6. The number of aliphatic imine (C=N–C) groups is 2. The van der Waals surface area contributed by atoms with E-state index in [1.807, 2.05) is 80.5 Å². The van der Waals surface area contributed by atoms with E-state index in [-0.39, 0.29) is 83.7 Å². The third-order valence-corrected chi connectivity index (χ3v) is 27.8. The number of aliphatic carboxylic acids is 1. The number of aromatic amines is 2. The number of imidazole rings is 2. The highest BCUT2D eigenvalue weighted by Crippen LogP contribution is 2.53. The molecule has 2 aliphatic carbocycles. The van der Waals surface area contributed by atoms with Crippen molar-refractivity contribution in [3.63, 3.8) is 0 Å². The maximum Gasteiger partial charge on any atom is 0.410 e. The number of carbonyl (C=O) groups is 9. The number of carboxylic acids is 1. The summed E-state index contributed by atoms with van der Waals surface area (Å²) in [5.41, 5.74) is 14.0. The van der Waals surface area contributed by atoms with Gasteiger partial charge in [-0.3, -0.25) is 29.3 Å². The Balaban J connectivity index is 0.000000165. The van der Waals surface area contributed by atoms with E-state index in [2.05, 4.69) is 145 Å². The van der Waals surface area contributed by atoms with Gasteiger partial charge in [0, 0.05) is 99.0 Å². The minimum Gasteiger partial charge on any atom is -0.480 e. The van der Waals surface area contributed by atoms with Crippen molar-refractivity contribution >= 4 is 120 Å². The number of carboxylic acid groups (broad SMARTS) is 1. The number of carbonyl (C=O) groups excluding carboxylic acids is 8. The zero-order chi connectivity index (χ0) is 91.5. The Kier molecular flexibility index (Phi) is 27.5. The van der Waals surface area contributed by atoms with Crippen LogP contribution in [0.1, 0.15) is 186 Å².